The van der Waals surface area contributed by atoms with Crippen molar-refractivity contribution in [1.29, 1.82) is 0 Å². The molecule has 2 amide bonds. The van der Waals surface area contributed by atoms with Crippen molar-refractivity contribution in [2.75, 3.05) is 19.6 Å². The highest BCUT2D eigenvalue weighted by Gasteiger charge is 2.29. The Morgan fingerprint density at radius 3 is 2.57 bits per heavy atom. The number of hydrogen-bond donors (Lipinski definition) is 1. The Labute approximate surface area is 166 Å². The van der Waals surface area contributed by atoms with E-state index >= 15 is 0 Å². The number of amides is 2. The summed E-state index contributed by atoms with van der Waals surface area (Å²) in [5.41, 5.74) is 3.49. The SMILES string of the molecule is Cc1cnc(-c2ccccc2)n1C1CCN(C(=O)NCCc2ccccc2)C1. The third kappa shape index (κ3) is 3.93. The van der Waals surface area contributed by atoms with E-state index in [1.54, 1.807) is 0 Å². The van der Waals surface area contributed by atoms with Gasteiger partial charge in [0.15, 0.2) is 0 Å². The van der Waals surface area contributed by atoms with Gasteiger partial charge in [-0.05, 0) is 25.3 Å². The molecule has 1 unspecified atom stereocenters. The second-order valence-corrected chi connectivity index (χ2v) is 7.32. The van der Waals surface area contributed by atoms with Crippen molar-refractivity contribution in [2.24, 2.45) is 0 Å². The zero-order valence-corrected chi connectivity index (χ0v) is 16.2. The summed E-state index contributed by atoms with van der Waals surface area (Å²) in [6.07, 6.45) is 3.72. The summed E-state index contributed by atoms with van der Waals surface area (Å²) in [6, 6.07) is 20.8. The molecule has 2 aromatic carbocycles. The fourth-order valence-corrected chi connectivity index (χ4v) is 3.92. The van der Waals surface area contributed by atoms with E-state index in [0.29, 0.717) is 13.1 Å². The van der Waals surface area contributed by atoms with Crippen molar-refractivity contribution in [3.63, 3.8) is 0 Å². The Kier molecular flexibility index (Phi) is 5.42. The first kappa shape index (κ1) is 18.3. The lowest BCUT2D eigenvalue weighted by atomic mass is 10.1. The number of aromatic nitrogens is 2. The van der Waals surface area contributed by atoms with E-state index in [9.17, 15) is 4.79 Å². The predicted octanol–water partition coefficient (Wildman–Crippen LogP) is 4.06. The highest BCUT2D eigenvalue weighted by atomic mass is 16.2. The summed E-state index contributed by atoms with van der Waals surface area (Å²) in [6.45, 7) is 4.23. The van der Waals surface area contributed by atoms with Crippen LogP contribution in [0.15, 0.2) is 66.9 Å². The maximum Gasteiger partial charge on any atom is 0.317 e. The lowest BCUT2D eigenvalue weighted by Crippen LogP contribution is -2.39. The van der Waals surface area contributed by atoms with Crippen LogP contribution in [0.1, 0.15) is 23.7 Å². The summed E-state index contributed by atoms with van der Waals surface area (Å²) in [4.78, 5) is 19.1. The quantitative estimate of drug-likeness (QED) is 0.732. The standard InChI is InChI=1S/C23H26N4O/c1-18-16-25-22(20-10-6-3-7-11-20)27(18)21-13-15-26(17-21)23(28)24-14-12-19-8-4-2-5-9-19/h2-11,16,21H,12-15,17H2,1H3,(H,24,28). The normalized spacial score (nSPS) is 16.3. The van der Waals surface area contributed by atoms with Gasteiger partial charge in [0.25, 0.3) is 0 Å². The fraction of sp³-hybridized carbons (Fsp3) is 0.304. The van der Waals surface area contributed by atoms with Crippen LogP contribution in [-0.4, -0.2) is 40.1 Å². The molecule has 0 bridgehead atoms. The second-order valence-electron chi connectivity index (χ2n) is 7.32. The smallest absolute Gasteiger partial charge is 0.317 e. The summed E-state index contributed by atoms with van der Waals surface area (Å²) < 4.78 is 2.28. The van der Waals surface area contributed by atoms with Crippen LogP contribution < -0.4 is 5.32 Å². The van der Waals surface area contributed by atoms with Crippen molar-refractivity contribution >= 4 is 6.03 Å². The van der Waals surface area contributed by atoms with E-state index in [1.165, 1.54) is 5.56 Å². The van der Waals surface area contributed by atoms with Gasteiger partial charge in [0.05, 0.1) is 6.04 Å². The number of likely N-dealkylation sites (tertiary alicyclic amines) is 1. The first-order chi connectivity index (χ1) is 13.7. The van der Waals surface area contributed by atoms with Crippen molar-refractivity contribution in [2.45, 2.75) is 25.8 Å². The Balaban J connectivity index is 1.38. The van der Waals surface area contributed by atoms with E-state index in [1.807, 2.05) is 47.5 Å². The van der Waals surface area contributed by atoms with Crippen molar-refractivity contribution in [3.05, 3.63) is 78.1 Å². The van der Waals surface area contributed by atoms with Gasteiger partial charge in [-0.1, -0.05) is 60.7 Å². The van der Waals surface area contributed by atoms with Crippen LogP contribution in [0.5, 0.6) is 0 Å². The lowest BCUT2D eigenvalue weighted by molar-refractivity contribution is 0.207. The predicted molar refractivity (Wildman–Crippen MR) is 111 cm³/mol. The summed E-state index contributed by atoms with van der Waals surface area (Å²) in [7, 11) is 0. The molecule has 1 aromatic heterocycles. The van der Waals surface area contributed by atoms with Crippen LogP contribution in [0.2, 0.25) is 0 Å². The summed E-state index contributed by atoms with van der Waals surface area (Å²) in [5, 5.41) is 3.06. The molecular weight excluding hydrogens is 348 g/mol. The fourth-order valence-electron chi connectivity index (χ4n) is 3.92. The number of carbonyl (C=O) groups excluding carboxylic acids is 1. The molecular formula is C23H26N4O. The average molecular weight is 374 g/mol. The van der Waals surface area contributed by atoms with Crippen molar-refractivity contribution in [3.8, 4) is 11.4 Å². The van der Waals surface area contributed by atoms with E-state index in [-0.39, 0.29) is 12.1 Å². The van der Waals surface area contributed by atoms with Crippen LogP contribution in [0.3, 0.4) is 0 Å². The molecule has 2 heterocycles. The number of benzene rings is 2. The zero-order chi connectivity index (χ0) is 19.3. The highest BCUT2D eigenvalue weighted by Crippen LogP contribution is 2.29. The number of urea groups is 1. The van der Waals surface area contributed by atoms with E-state index in [0.717, 1.165) is 36.5 Å². The average Bonchev–Trinajstić information content (AvgIpc) is 3.36. The molecule has 5 nitrogen and oxygen atoms in total. The molecule has 1 fully saturated rings. The number of aryl methyl sites for hydroxylation is 1. The maximum atomic E-state index is 12.6. The van der Waals surface area contributed by atoms with Gasteiger partial charge in [-0.2, -0.15) is 0 Å². The number of rotatable bonds is 5. The molecule has 4 rings (SSSR count). The molecule has 1 N–H and O–H groups in total. The van der Waals surface area contributed by atoms with Crippen molar-refractivity contribution < 1.29 is 4.79 Å². The zero-order valence-electron chi connectivity index (χ0n) is 16.2. The van der Waals surface area contributed by atoms with Gasteiger partial charge in [-0.15, -0.1) is 0 Å². The van der Waals surface area contributed by atoms with E-state index in [4.69, 9.17) is 0 Å². The first-order valence-electron chi connectivity index (χ1n) is 9.88. The topological polar surface area (TPSA) is 50.2 Å². The Hall–Kier alpha value is -3.08. The number of carbonyl (C=O) groups is 1. The number of hydrogen-bond acceptors (Lipinski definition) is 2. The van der Waals surface area contributed by atoms with Crippen LogP contribution in [0, 0.1) is 6.92 Å². The third-order valence-electron chi connectivity index (χ3n) is 5.36. The molecule has 3 aromatic rings. The van der Waals surface area contributed by atoms with Crippen molar-refractivity contribution in [1.82, 2.24) is 19.8 Å². The Bertz CT molecular complexity index is 920. The lowest BCUT2D eigenvalue weighted by Gasteiger charge is -2.20. The van der Waals surface area contributed by atoms with Gasteiger partial charge in [0, 0.05) is 37.1 Å². The van der Waals surface area contributed by atoms with Crippen LogP contribution in [0.25, 0.3) is 11.4 Å². The second kappa shape index (κ2) is 8.30. The van der Waals surface area contributed by atoms with Gasteiger partial charge in [0.2, 0.25) is 0 Å². The van der Waals surface area contributed by atoms with Gasteiger partial charge in [-0.3, -0.25) is 0 Å². The molecule has 0 saturated carbocycles. The number of nitrogens with zero attached hydrogens (tertiary/aromatic N) is 3. The molecule has 0 aliphatic carbocycles. The largest absolute Gasteiger partial charge is 0.338 e. The minimum atomic E-state index is 0.0254. The van der Waals surface area contributed by atoms with Gasteiger partial charge < -0.3 is 14.8 Å². The van der Waals surface area contributed by atoms with Crippen LogP contribution in [-0.2, 0) is 6.42 Å². The number of imidazole rings is 1. The van der Waals surface area contributed by atoms with E-state index < -0.39 is 0 Å². The third-order valence-corrected chi connectivity index (χ3v) is 5.36. The number of nitrogens with one attached hydrogen (secondary N) is 1. The molecule has 0 radical (unpaired) electrons. The molecule has 1 aliphatic heterocycles. The molecule has 1 aliphatic rings. The Morgan fingerprint density at radius 1 is 1.11 bits per heavy atom. The molecule has 144 valence electrons. The first-order valence-corrected chi connectivity index (χ1v) is 9.88. The molecule has 28 heavy (non-hydrogen) atoms. The monoisotopic (exact) mass is 374 g/mol. The van der Waals surface area contributed by atoms with Gasteiger partial charge >= 0.3 is 6.03 Å². The molecule has 0 spiro atoms. The van der Waals surface area contributed by atoms with Gasteiger partial charge in [-0.25, -0.2) is 9.78 Å². The Morgan fingerprint density at radius 2 is 1.82 bits per heavy atom. The van der Waals surface area contributed by atoms with Gasteiger partial charge in [0.1, 0.15) is 5.82 Å². The summed E-state index contributed by atoms with van der Waals surface area (Å²) >= 11 is 0. The minimum absolute atomic E-state index is 0.0254. The molecule has 5 heteroatoms. The summed E-state index contributed by atoms with van der Waals surface area (Å²) in [5.74, 6) is 0.981. The molecule has 1 atom stereocenters. The minimum Gasteiger partial charge on any atom is -0.338 e. The van der Waals surface area contributed by atoms with Crippen LogP contribution >= 0.6 is 0 Å². The maximum absolute atomic E-state index is 12.6. The highest BCUT2D eigenvalue weighted by molar-refractivity contribution is 5.74. The molecule has 1 saturated heterocycles. The van der Waals surface area contributed by atoms with E-state index in [2.05, 4.69) is 46.1 Å². The van der Waals surface area contributed by atoms with Crippen LogP contribution in [0.4, 0.5) is 4.79 Å².